The molecular weight excluding hydrogens is 428 g/mol. The van der Waals surface area contributed by atoms with Gasteiger partial charge in [0, 0.05) is 10.2 Å². The molecule has 0 aliphatic heterocycles. The van der Waals surface area contributed by atoms with Crippen LogP contribution in [0.1, 0.15) is 0 Å². The van der Waals surface area contributed by atoms with Crippen molar-refractivity contribution >= 4 is 37.8 Å². The number of rotatable bonds is 8. The van der Waals surface area contributed by atoms with Gasteiger partial charge in [0.1, 0.15) is 18.5 Å². The number of carbonyl (C=O) groups is 1. The van der Waals surface area contributed by atoms with E-state index in [1.54, 1.807) is 42.5 Å². The van der Waals surface area contributed by atoms with Gasteiger partial charge in [0.25, 0.3) is 0 Å². The van der Waals surface area contributed by atoms with Crippen molar-refractivity contribution in [1.82, 2.24) is 4.72 Å². The molecular formula is C16H17BrN2O6S. The molecule has 0 radical (unpaired) electrons. The Morgan fingerprint density at radius 1 is 1.19 bits per heavy atom. The van der Waals surface area contributed by atoms with Crippen molar-refractivity contribution < 1.29 is 27.8 Å². The van der Waals surface area contributed by atoms with E-state index in [2.05, 4.69) is 30.7 Å². The van der Waals surface area contributed by atoms with Gasteiger partial charge in [-0.3, -0.25) is 0 Å². The van der Waals surface area contributed by atoms with Crippen LogP contribution in [0.15, 0.2) is 57.9 Å². The number of hydrogen-bond acceptors (Lipinski definition) is 6. The van der Waals surface area contributed by atoms with Crippen molar-refractivity contribution in [2.75, 3.05) is 19.0 Å². The number of carboxylic acid groups (broad SMARTS) is 1. The highest BCUT2D eigenvalue weighted by Gasteiger charge is 2.23. The predicted molar refractivity (Wildman–Crippen MR) is 98.8 cm³/mol. The first kappa shape index (κ1) is 20.0. The van der Waals surface area contributed by atoms with Crippen LogP contribution in [0.5, 0.6) is 5.75 Å². The molecule has 0 bridgehead atoms. The molecule has 0 fully saturated rings. The lowest BCUT2D eigenvalue weighted by Crippen LogP contribution is -2.44. The molecule has 0 saturated heterocycles. The number of anilines is 1. The van der Waals surface area contributed by atoms with Crippen molar-refractivity contribution in [1.29, 1.82) is 0 Å². The number of ether oxygens (including phenoxy) is 2. The van der Waals surface area contributed by atoms with E-state index in [9.17, 15) is 13.2 Å². The van der Waals surface area contributed by atoms with E-state index in [0.717, 1.165) is 0 Å². The number of methoxy groups -OCH3 is 1. The Kier molecular flexibility index (Phi) is 6.83. The maximum atomic E-state index is 12.6. The molecule has 10 heteroatoms. The van der Waals surface area contributed by atoms with E-state index in [1.165, 1.54) is 13.2 Å². The van der Waals surface area contributed by atoms with Gasteiger partial charge in [-0.2, -0.15) is 4.72 Å². The molecule has 140 valence electrons. The molecule has 2 rings (SSSR count). The monoisotopic (exact) mass is 444 g/mol. The Morgan fingerprint density at radius 3 is 2.42 bits per heavy atom. The van der Waals surface area contributed by atoms with Gasteiger partial charge in [-0.25, -0.2) is 13.2 Å². The number of hydrogen-bond donors (Lipinski definition) is 3. The van der Waals surface area contributed by atoms with Gasteiger partial charge in [0.05, 0.1) is 12.0 Å². The first-order valence-corrected chi connectivity index (χ1v) is 9.62. The zero-order valence-corrected chi connectivity index (χ0v) is 16.1. The van der Waals surface area contributed by atoms with Crippen LogP contribution in [-0.4, -0.2) is 39.6 Å². The van der Waals surface area contributed by atoms with Crippen LogP contribution >= 0.6 is 15.9 Å². The summed E-state index contributed by atoms with van der Waals surface area (Å²) in [4.78, 5) is 10.7. The van der Waals surface area contributed by atoms with Gasteiger partial charge < -0.3 is 19.9 Å². The first-order valence-electron chi connectivity index (χ1n) is 7.35. The van der Waals surface area contributed by atoms with Crippen LogP contribution in [0.25, 0.3) is 0 Å². The summed E-state index contributed by atoms with van der Waals surface area (Å²) in [7, 11) is -2.40. The minimum Gasteiger partial charge on any atom is -0.497 e. The number of sulfonamides is 1. The van der Waals surface area contributed by atoms with Crippen LogP contribution in [0, 0.1) is 0 Å². The fourth-order valence-electron chi connectivity index (χ4n) is 2.06. The Bertz CT molecular complexity index is 857. The highest BCUT2D eigenvalue weighted by Crippen LogP contribution is 2.22. The molecule has 1 unspecified atom stereocenters. The summed E-state index contributed by atoms with van der Waals surface area (Å²) in [6.45, 7) is -0.426. The average molecular weight is 445 g/mol. The van der Waals surface area contributed by atoms with E-state index in [0.29, 0.717) is 15.9 Å². The molecule has 0 aromatic heterocycles. The summed E-state index contributed by atoms with van der Waals surface area (Å²) in [5.74, 6) is 0.627. The van der Waals surface area contributed by atoms with Crippen LogP contribution in [0.3, 0.4) is 0 Å². The summed E-state index contributed by atoms with van der Waals surface area (Å²) in [6.07, 6.45) is -2.52. The lowest BCUT2D eigenvalue weighted by molar-refractivity contribution is 0.0870. The molecule has 8 nitrogen and oxygen atoms in total. The third kappa shape index (κ3) is 5.61. The Balaban J connectivity index is 2.20. The predicted octanol–water partition coefficient (Wildman–Crippen LogP) is 2.87. The molecule has 26 heavy (non-hydrogen) atoms. The second-order valence-corrected chi connectivity index (χ2v) is 7.59. The smallest absolute Gasteiger partial charge is 0.497 e. The van der Waals surface area contributed by atoms with Crippen molar-refractivity contribution in [2.45, 2.75) is 11.1 Å². The lowest BCUT2D eigenvalue weighted by atomic mass is 10.3. The topological polar surface area (TPSA) is 114 Å². The molecule has 0 heterocycles. The number of nitrogens with one attached hydrogen (secondary N) is 2. The zero-order valence-electron chi connectivity index (χ0n) is 13.7. The largest absolute Gasteiger partial charge is 0.505 e. The van der Waals surface area contributed by atoms with Crippen LogP contribution in [0.4, 0.5) is 10.5 Å². The Labute approximate surface area is 159 Å². The van der Waals surface area contributed by atoms with Gasteiger partial charge in [0.15, 0.2) is 0 Å². The second kappa shape index (κ2) is 8.88. The van der Waals surface area contributed by atoms with Gasteiger partial charge in [0.2, 0.25) is 10.0 Å². The molecule has 0 amide bonds. The zero-order chi connectivity index (χ0) is 19.2. The van der Waals surface area contributed by atoms with E-state index in [-0.39, 0.29) is 4.90 Å². The van der Waals surface area contributed by atoms with Gasteiger partial charge >= 0.3 is 6.16 Å². The normalized spacial score (nSPS) is 12.2. The molecule has 2 aromatic carbocycles. The molecule has 0 saturated carbocycles. The highest BCUT2D eigenvalue weighted by molar-refractivity contribution is 9.10. The highest BCUT2D eigenvalue weighted by atomic mass is 79.9. The maximum absolute atomic E-state index is 12.6. The van der Waals surface area contributed by atoms with E-state index < -0.39 is 29.0 Å². The molecule has 0 aliphatic rings. The lowest BCUT2D eigenvalue weighted by Gasteiger charge is -2.21. The minimum atomic E-state index is -3.93. The minimum absolute atomic E-state index is 0.0249. The average Bonchev–Trinajstić information content (AvgIpc) is 2.60. The number of halogens is 1. The second-order valence-electron chi connectivity index (χ2n) is 5.05. The molecule has 1 atom stereocenters. The Hall–Kier alpha value is -2.30. The van der Waals surface area contributed by atoms with E-state index in [1.807, 2.05) is 0 Å². The Morgan fingerprint density at radius 2 is 1.85 bits per heavy atom. The van der Waals surface area contributed by atoms with Crippen LogP contribution in [-0.2, 0) is 14.8 Å². The fourth-order valence-corrected chi connectivity index (χ4v) is 4.20. The molecule has 2 aromatic rings. The summed E-state index contributed by atoms with van der Waals surface area (Å²) < 4.78 is 37.5. The third-order valence-electron chi connectivity index (χ3n) is 3.23. The first-order chi connectivity index (χ1) is 12.3. The molecule has 0 spiro atoms. The number of benzene rings is 2. The maximum Gasteiger partial charge on any atom is 0.505 e. The van der Waals surface area contributed by atoms with Crippen molar-refractivity contribution in [2.24, 2.45) is 0 Å². The summed E-state index contributed by atoms with van der Waals surface area (Å²) in [5, 5.41) is 11.6. The van der Waals surface area contributed by atoms with Gasteiger partial charge in [-0.15, -0.1) is 0 Å². The van der Waals surface area contributed by atoms with Crippen molar-refractivity contribution in [3.05, 3.63) is 53.0 Å². The molecule has 3 N–H and O–H groups in total. The summed E-state index contributed by atoms with van der Waals surface area (Å²) in [5.41, 5.74) is 0.555. The third-order valence-corrected chi connectivity index (χ3v) is 5.71. The van der Waals surface area contributed by atoms with E-state index in [4.69, 9.17) is 9.84 Å². The summed E-state index contributed by atoms with van der Waals surface area (Å²) >= 11 is 3.19. The molecule has 0 aliphatic carbocycles. The van der Waals surface area contributed by atoms with Gasteiger partial charge in [-0.05, 0) is 52.3 Å². The van der Waals surface area contributed by atoms with Crippen molar-refractivity contribution in [3.8, 4) is 5.75 Å². The SMILES string of the molecule is COc1ccc(NC(COC(=O)O)NS(=O)(=O)c2ccccc2Br)cc1. The standard InChI is InChI=1S/C16H17BrN2O6S/c1-24-12-8-6-11(7-9-12)18-15(10-25-16(20)21)19-26(22,23)14-5-3-2-4-13(14)17/h2-9,15,18-19H,10H2,1H3,(H,20,21). The quantitative estimate of drug-likeness (QED) is 0.423. The van der Waals surface area contributed by atoms with Crippen molar-refractivity contribution in [3.63, 3.8) is 0 Å². The van der Waals surface area contributed by atoms with Gasteiger partial charge in [-0.1, -0.05) is 12.1 Å². The summed E-state index contributed by atoms with van der Waals surface area (Å²) in [6, 6.07) is 13.0. The fraction of sp³-hybridized carbons (Fsp3) is 0.188. The van der Waals surface area contributed by atoms with Crippen LogP contribution < -0.4 is 14.8 Å². The van der Waals surface area contributed by atoms with E-state index >= 15 is 0 Å². The van der Waals surface area contributed by atoms with Crippen LogP contribution in [0.2, 0.25) is 0 Å².